The molecule has 0 saturated heterocycles. The van der Waals surface area contributed by atoms with Crippen LogP contribution in [0.2, 0.25) is 0 Å². The van der Waals surface area contributed by atoms with E-state index >= 15 is 0 Å². The Labute approximate surface area is 189 Å². The van der Waals surface area contributed by atoms with Crippen LogP contribution in [0.1, 0.15) is 11.1 Å². The van der Waals surface area contributed by atoms with Crippen molar-refractivity contribution in [3.63, 3.8) is 0 Å². The van der Waals surface area contributed by atoms with Crippen molar-refractivity contribution in [1.82, 2.24) is 0 Å². The summed E-state index contributed by atoms with van der Waals surface area (Å²) in [6.45, 7) is 0. The lowest BCUT2D eigenvalue weighted by Gasteiger charge is -2.15. The standard InChI is InChI=1S/C26H21FO6/c1-30-18-9-5-15(6-10-18)4-7-16-12-19(31-2)14-22(32-3)23(16)26-25(29)24(28)20-11-8-17(27)13-21(20)33-26/h4-14,29H,1-3H3. The molecule has 7 heteroatoms. The Morgan fingerprint density at radius 1 is 0.879 bits per heavy atom. The van der Waals surface area contributed by atoms with Gasteiger partial charge >= 0.3 is 0 Å². The first-order valence-electron chi connectivity index (χ1n) is 9.99. The van der Waals surface area contributed by atoms with Gasteiger partial charge in [0.15, 0.2) is 5.76 Å². The number of benzene rings is 3. The molecule has 0 saturated carbocycles. The Kier molecular flexibility index (Phi) is 6.04. The van der Waals surface area contributed by atoms with Crippen molar-refractivity contribution in [2.75, 3.05) is 21.3 Å². The van der Waals surface area contributed by atoms with E-state index in [1.54, 1.807) is 25.3 Å². The number of hydrogen-bond donors (Lipinski definition) is 1. The molecule has 0 radical (unpaired) electrons. The number of methoxy groups -OCH3 is 3. The summed E-state index contributed by atoms with van der Waals surface area (Å²) in [7, 11) is 4.56. The third-order valence-electron chi connectivity index (χ3n) is 5.19. The van der Waals surface area contributed by atoms with Crippen LogP contribution in [0.25, 0.3) is 34.4 Å². The SMILES string of the molecule is COc1ccc(C=Cc2cc(OC)cc(OC)c2-c2oc3cc(F)ccc3c(=O)c2O)cc1. The quantitative estimate of drug-likeness (QED) is 0.393. The number of halogens is 1. The van der Waals surface area contributed by atoms with Crippen molar-refractivity contribution in [1.29, 1.82) is 0 Å². The molecule has 6 nitrogen and oxygen atoms in total. The number of fused-ring (bicyclic) bond motifs is 1. The second kappa shape index (κ2) is 9.08. The van der Waals surface area contributed by atoms with Crippen LogP contribution in [0, 0.1) is 5.82 Å². The van der Waals surface area contributed by atoms with Crippen LogP contribution in [-0.2, 0) is 0 Å². The van der Waals surface area contributed by atoms with Gasteiger partial charge in [-0.15, -0.1) is 0 Å². The van der Waals surface area contributed by atoms with Crippen molar-refractivity contribution in [3.05, 3.63) is 81.8 Å². The van der Waals surface area contributed by atoms with E-state index in [-0.39, 0.29) is 16.7 Å². The van der Waals surface area contributed by atoms with Crippen LogP contribution in [-0.4, -0.2) is 26.4 Å². The number of hydrogen-bond acceptors (Lipinski definition) is 6. The molecule has 0 atom stereocenters. The van der Waals surface area contributed by atoms with Gasteiger partial charge in [-0.3, -0.25) is 4.79 Å². The largest absolute Gasteiger partial charge is 0.502 e. The van der Waals surface area contributed by atoms with Crippen LogP contribution >= 0.6 is 0 Å². The van der Waals surface area contributed by atoms with Crippen LogP contribution in [0.15, 0.2) is 63.8 Å². The van der Waals surface area contributed by atoms with E-state index in [2.05, 4.69) is 0 Å². The van der Waals surface area contributed by atoms with Gasteiger partial charge in [-0.25, -0.2) is 4.39 Å². The molecule has 4 aromatic rings. The van der Waals surface area contributed by atoms with E-state index in [9.17, 15) is 14.3 Å². The molecular formula is C26H21FO6. The molecule has 1 N–H and O–H groups in total. The molecule has 0 amide bonds. The minimum absolute atomic E-state index is 0.00996. The van der Waals surface area contributed by atoms with Gasteiger partial charge in [0, 0.05) is 12.1 Å². The fourth-order valence-corrected chi connectivity index (χ4v) is 3.49. The zero-order valence-corrected chi connectivity index (χ0v) is 18.2. The van der Waals surface area contributed by atoms with Crippen molar-refractivity contribution < 1.29 is 28.1 Å². The lowest BCUT2D eigenvalue weighted by molar-refractivity contribution is 0.393. The van der Waals surface area contributed by atoms with Crippen LogP contribution in [0.3, 0.4) is 0 Å². The van der Waals surface area contributed by atoms with E-state index in [1.165, 1.54) is 20.3 Å². The minimum Gasteiger partial charge on any atom is -0.502 e. The van der Waals surface area contributed by atoms with E-state index < -0.39 is 17.0 Å². The molecule has 0 fully saturated rings. The van der Waals surface area contributed by atoms with Crippen LogP contribution < -0.4 is 19.6 Å². The first kappa shape index (κ1) is 22.0. The lowest BCUT2D eigenvalue weighted by Crippen LogP contribution is -2.04. The zero-order valence-electron chi connectivity index (χ0n) is 18.2. The van der Waals surface area contributed by atoms with Gasteiger partial charge in [0.25, 0.3) is 0 Å². The topological polar surface area (TPSA) is 78.1 Å². The molecule has 3 aromatic carbocycles. The maximum absolute atomic E-state index is 13.8. The first-order valence-corrected chi connectivity index (χ1v) is 9.99. The lowest BCUT2D eigenvalue weighted by atomic mass is 10.00. The molecule has 1 aromatic heterocycles. The summed E-state index contributed by atoms with van der Waals surface area (Å²) in [4.78, 5) is 12.8. The molecule has 33 heavy (non-hydrogen) atoms. The smallest absolute Gasteiger partial charge is 0.235 e. The van der Waals surface area contributed by atoms with Crippen molar-refractivity contribution in [2.24, 2.45) is 0 Å². The average Bonchev–Trinajstić information content (AvgIpc) is 2.84. The highest BCUT2D eigenvalue weighted by Crippen LogP contribution is 2.42. The van der Waals surface area contributed by atoms with Crippen molar-refractivity contribution >= 4 is 23.1 Å². The number of aromatic hydroxyl groups is 1. The molecule has 0 bridgehead atoms. The Morgan fingerprint density at radius 2 is 1.61 bits per heavy atom. The second-order valence-corrected chi connectivity index (χ2v) is 7.15. The van der Waals surface area contributed by atoms with E-state index in [0.717, 1.165) is 23.4 Å². The second-order valence-electron chi connectivity index (χ2n) is 7.15. The van der Waals surface area contributed by atoms with Crippen LogP contribution in [0.5, 0.6) is 23.0 Å². The molecule has 0 aliphatic carbocycles. The van der Waals surface area contributed by atoms with Gasteiger partial charge in [0.2, 0.25) is 11.2 Å². The van der Waals surface area contributed by atoms with Gasteiger partial charge in [0.1, 0.15) is 28.6 Å². The summed E-state index contributed by atoms with van der Waals surface area (Å²) in [6, 6.07) is 14.2. The van der Waals surface area contributed by atoms with E-state index in [0.29, 0.717) is 22.6 Å². The number of rotatable bonds is 6. The van der Waals surface area contributed by atoms with Gasteiger partial charge < -0.3 is 23.7 Å². The Bertz CT molecular complexity index is 1400. The summed E-state index contributed by atoms with van der Waals surface area (Å²) >= 11 is 0. The summed E-state index contributed by atoms with van der Waals surface area (Å²) in [6.07, 6.45) is 3.62. The van der Waals surface area contributed by atoms with Gasteiger partial charge in [-0.05, 0) is 41.5 Å². The fourth-order valence-electron chi connectivity index (χ4n) is 3.49. The fraction of sp³-hybridized carbons (Fsp3) is 0.115. The highest BCUT2D eigenvalue weighted by molar-refractivity contribution is 5.88. The molecule has 168 valence electrons. The average molecular weight is 448 g/mol. The molecule has 0 spiro atoms. The van der Waals surface area contributed by atoms with E-state index in [4.69, 9.17) is 18.6 Å². The van der Waals surface area contributed by atoms with Gasteiger partial charge in [-0.2, -0.15) is 0 Å². The predicted octanol–water partition coefficient (Wildman–Crippen LogP) is 5.50. The monoisotopic (exact) mass is 448 g/mol. The first-order chi connectivity index (χ1) is 15.9. The molecule has 0 aliphatic rings. The van der Waals surface area contributed by atoms with Gasteiger partial charge in [-0.1, -0.05) is 24.3 Å². The summed E-state index contributed by atoms with van der Waals surface area (Å²) < 4.78 is 35.7. The maximum Gasteiger partial charge on any atom is 0.235 e. The molecule has 4 rings (SSSR count). The highest BCUT2D eigenvalue weighted by atomic mass is 19.1. The van der Waals surface area contributed by atoms with Crippen molar-refractivity contribution in [2.45, 2.75) is 0 Å². The van der Waals surface area contributed by atoms with Crippen molar-refractivity contribution in [3.8, 4) is 34.3 Å². The molecule has 0 aliphatic heterocycles. The summed E-state index contributed by atoms with van der Waals surface area (Å²) in [5.74, 6) is 0.231. The Morgan fingerprint density at radius 3 is 2.27 bits per heavy atom. The molecular weight excluding hydrogens is 427 g/mol. The van der Waals surface area contributed by atoms with E-state index in [1.807, 2.05) is 30.3 Å². The predicted molar refractivity (Wildman–Crippen MR) is 125 cm³/mol. The third-order valence-corrected chi connectivity index (χ3v) is 5.19. The molecule has 0 unspecified atom stereocenters. The van der Waals surface area contributed by atoms with Gasteiger partial charge in [0.05, 0.1) is 32.3 Å². The Hall–Kier alpha value is -4.26. The zero-order chi connectivity index (χ0) is 23.5. The molecule has 1 heterocycles. The maximum atomic E-state index is 13.8. The number of ether oxygens (including phenoxy) is 3. The Balaban J connectivity index is 1.95. The summed E-state index contributed by atoms with van der Waals surface area (Å²) in [5, 5.41) is 10.8. The minimum atomic E-state index is -0.672. The van der Waals surface area contributed by atoms with Crippen LogP contribution in [0.4, 0.5) is 4.39 Å². The normalized spacial score (nSPS) is 11.2. The highest BCUT2D eigenvalue weighted by Gasteiger charge is 2.22. The third kappa shape index (κ3) is 4.25. The summed E-state index contributed by atoms with van der Waals surface area (Å²) in [5.41, 5.74) is 1.10.